The molecule has 3 aromatic carbocycles. The Morgan fingerprint density at radius 3 is 2.12 bits per heavy atom. The molecule has 5 heteroatoms. The standard InChI is InChI=1S/C29H18N2O2S/c32-28-22-11-5-6-12-23(22)29(33)24(28)18-21-15-17-27(34-21)31(20-9-2-1-3-10-20)26-16-14-19-8-4-7-13-25(19)30-26/h1-18H. The molecule has 0 saturated heterocycles. The normalized spacial score (nSPS) is 12.8. The summed E-state index contributed by atoms with van der Waals surface area (Å²) in [5.74, 6) is 0.365. The molecule has 0 saturated carbocycles. The fourth-order valence-electron chi connectivity index (χ4n) is 4.22. The molecule has 6 rings (SSSR count). The number of pyridine rings is 1. The van der Waals surface area contributed by atoms with Crippen LogP contribution in [-0.4, -0.2) is 16.6 Å². The first kappa shape index (κ1) is 20.3. The maximum absolute atomic E-state index is 12.8. The van der Waals surface area contributed by atoms with Crippen molar-refractivity contribution in [3.8, 4) is 0 Å². The lowest BCUT2D eigenvalue weighted by molar-refractivity contribution is 0.0990. The number of anilines is 3. The Morgan fingerprint density at radius 1 is 0.676 bits per heavy atom. The molecule has 34 heavy (non-hydrogen) atoms. The summed E-state index contributed by atoms with van der Waals surface area (Å²) < 4.78 is 0. The van der Waals surface area contributed by atoms with Crippen LogP contribution >= 0.6 is 11.3 Å². The zero-order chi connectivity index (χ0) is 23.1. The largest absolute Gasteiger partial charge is 0.288 e. The van der Waals surface area contributed by atoms with Gasteiger partial charge >= 0.3 is 0 Å². The third kappa shape index (κ3) is 3.43. The fourth-order valence-corrected chi connectivity index (χ4v) is 5.20. The molecule has 1 aliphatic rings. The number of allylic oxidation sites excluding steroid dienone is 1. The predicted octanol–water partition coefficient (Wildman–Crippen LogP) is 7.23. The Morgan fingerprint density at radius 2 is 1.35 bits per heavy atom. The lowest BCUT2D eigenvalue weighted by Crippen LogP contribution is -2.09. The van der Waals surface area contributed by atoms with Crippen LogP contribution in [0, 0.1) is 0 Å². The molecular formula is C29H18N2O2S. The highest BCUT2D eigenvalue weighted by atomic mass is 32.1. The predicted molar refractivity (Wildman–Crippen MR) is 137 cm³/mol. The smallest absolute Gasteiger partial charge is 0.197 e. The number of para-hydroxylation sites is 2. The minimum absolute atomic E-state index is 0.213. The van der Waals surface area contributed by atoms with E-state index in [9.17, 15) is 9.59 Å². The highest BCUT2D eigenvalue weighted by molar-refractivity contribution is 7.17. The minimum atomic E-state index is -0.216. The van der Waals surface area contributed by atoms with E-state index in [4.69, 9.17) is 4.98 Å². The van der Waals surface area contributed by atoms with Gasteiger partial charge in [-0.1, -0.05) is 60.7 Å². The molecule has 2 heterocycles. The van der Waals surface area contributed by atoms with E-state index in [1.807, 2.05) is 72.8 Å². The van der Waals surface area contributed by atoms with Gasteiger partial charge in [0.1, 0.15) is 10.8 Å². The summed E-state index contributed by atoms with van der Waals surface area (Å²) >= 11 is 1.51. The van der Waals surface area contributed by atoms with E-state index in [0.29, 0.717) is 11.1 Å². The summed E-state index contributed by atoms with van der Waals surface area (Å²) in [7, 11) is 0. The Hall–Kier alpha value is -4.35. The van der Waals surface area contributed by atoms with Crippen LogP contribution in [0.2, 0.25) is 0 Å². The molecular weight excluding hydrogens is 440 g/mol. The third-order valence-corrected chi connectivity index (χ3v) is 6.87. The number of benzene rings is 3. The van der Waals surface area contributed by atoms with Crippen molar-refractivity contribution in [2.45, 2.75) is 0 Å². The molecule has 0 aliphatic heterocycles. The van der Waals surface area contributed by atoms with Gasteiger partial charge in [0.05, 0.1) is 11.1 Å². The summed E-state index contributed by atoms with van der Waals surface area (Å²) in [5, 5.41) is 2.02. The number of ketones is 2. The van der Waals surface area contributed by atoms with Crippen LogP contribution in [0.1, 0.15) is 25.6 Å². The second-order valence-electron chi connectivity index (χ2n) is 7.97. The van der Waals surface area contributed by atoms with Gasteiger partial charge in [0.2, 0.25) is 0 Å². The van der Waals surface area contributed by atoms with Gasteiger partial charge in [-0.25, -0.2) is 4.98 Å². The van der Waals surface area contributed by atoms with E-state index in [1.54, 1.807) is 30.3 Å². The highest BCUT2D eigenvalue weighted by Crippen LogP contribution is 2.39. The van der Waals surface area contributed by atoms with Crippen LogP contribution in [0.5, 0.6) is 0 Å². The number of carbonyl (C=O) groups is 2. The highest BCUT2D eigenvalue weighted by Gasteiger charge is 2.32. The molecule has 0 fully saturated rings. The SMILES string of the molecule is O=C1C(=Cc2ccc(N(c3ccccc3)c3ccc4ccccc4n3)s2)C(=O)c2ccccc21. The Balaban J connectivity index is 1.42. The Labute approximate surface area is 200 Å². The van der Waals surface area contributed by atoms with Crippen LogP contribution in [0.25, 0.3) is 17.0 Å². The molecule has 2 aromatic heterocycles. The van der Waals surface area contributed by atoms with Gasteiger partial charge in [-0.05, 0) is 48.5 Å². The van der Waals surface area contributed by atoms with Crippen molar-refractivity contribution in [2.24, 2.45) is 0 Å². The molecule has 0 amide bonds. The van der Waals surface area contributed by atoms with Gasteiger partial charge in [-0.2, -0.15) is 0 Å². The molecule has 4 nitrogen and oxygen atoms in total. The molecule has 0 unspecified atom stereocenters. The second-order valence-corrected chi connectivity index (χ2v) is 9.06. The number of thiophene rings is 1. The molecule has 1 aliphatic carbocycles. The topological polar surface area (TPSA) is 50.3 Å². The number of hydrogen-bond donors (Lipinski definition) is 0. The monoisotopic (exact) mass is 458 g/mol. The summed E-state index contributed by atoms with van der Waals surface area (Å²) in [6.07, 6.45) is 1.70. The van der Waals surface area contributed by atoms with Gasteiger partial charge in [0.25, 0.3) is 0 Å². The first-order valence-electron chi connectivity index (χ1n) is 10.9. The first-order valence-corrected chi connectivity index (χ1v) is 11.7. The number of hydrogen-bond acceptors (Lipinski definition) is 5. The number of rotatable bonds is 4. The van der Waals surface area contributed by atoms with Crippen LogP contribution < -0.4 is 4.90 Å². The van der Waals surface area contributed by atoms with Crippen LogP contribution in [0.3, 0.4) is 0 Å². The molecule has 0 bridgehead atoms. The zero-order valence-electron chi connectivity index (χ0n) is 18.0. The lowest BCUT2D eigenvalue weighted by Gasteiger charge is -2.22. The van der Waals surface area contributed by atoms with Crippen molar-refractivity contribution in [1.29, 1.82) is 0 Å². The Kier molecular flexibility index (Phi) is 4.90. The molecule has 0 atom stereocenters. The van der Waals surface area contributed by atoms with Crippen molar-refractivity contribution in [3.05, 3.63) is 125 Å². The summed E-state index contributed by atoms with van der Waals surface area (Å²) in [6, 6.07) is 33.1. The molecule has 162 valence electrons. The summed E-state index contributed by atoms with van der Waals surface area (Å²) in [4.78, 5) is 33.5. The van der Waals surface area contributed by atoms with Gasteiger partial charge in [0.15, 0.2) is 11.6 Å². The number of fused-ring (bicyclic) bond motifs is 2. The van der Waals surface area contributed by atoms with E-state index in [-0.39, 0.29) is 17.1 Å². The lowest BCUT2D eigenvalue weighted by atomic mass is 10.1. The number of carbonyl (C=O) groups excluding carboxylic acids is 2. The van der Waals surface area contributed by atoms with E-state index >= 15 is 0 Å². The quantitative estimate of drug-likeness (QED) is 0.211. The van der Waals surface area contributed by atoms with Gasteiger partial charge < -0.3 is 0 Å². The van der Waals surface area contributed by atoms with E-state index < -0.39 is 0 Å². The molecule has 0 N–H and O–H groups in total. The molecule has 0 spiro atoms. The van der Waals surface area contributed by atoms with Gasteiger partial charge in [0, 0.05) is 27.1 Å². The van der Waals surface area contributed by atoms with Crippen LogP contribution in [-0.2, 0) is 0 Å². The van der Waals surface area contributed by atoms with Gasteiger partial charge in [-0.15, -0.1) is 11.3 Å². The van der Waals surface area contributed by atoms with Gasteiger partial charge in [-0.3, -0.25) is 14.5 Å². The van der Waals surface area contributed by atoms with Crippen molar-refractivity contribution < 1.29 is 9.59 Å². The minimum Gasteiger partial charge on any atom is -0.288 e. The van der Waals surface area contributed by atoms with E-state index in [1.165, 1.54) is 11.3 Å². The zero-order valence-corrected chi connectivity index (χ0v) is 18.8. The molecule has 0 radical (unpaired) electrons. The average molecular weight is 459 g/mol. The van der Waals surface area contributed by atoms with Crippen LogP contribution in [0.4, 0.5) is 16.5 Å². The molecule has 5 aromatic rings. The number of aromatic nitrogens is 1. The Bertz CT molecular complexity index is 1560. The maximum atomic E-state index is 12.8. The average Bonchev–Trinajstić information content (AvgIpc) is 3.44. The maximum Gasteiger partial charge on any atom is 0.197 e. The van der Waals surface area contributed by atoms with Crippen molar-refractivity contribution in [1.82, 2.24) is 4.98 Å². The van der Waals surface area contributed by atoms with Crippen molar-refractivity contribution in [3.63, 3.8) is 0 Å². The van der Waals surface area contributed by atoms with E-state index in [0.717, 1.165) is 32.3 Å². The van der Waals surface area contributed by atoms with Crippen molar-refractivity contribution in [2.75, 3.05) is 4.90 Å². The van der Waals surface area contributed by atoms with Crippen LogP contribution in [0.15, 0.2) is 109 Å². The summed E-state index contributed by atoms with van der Waals surface area (Å²) in [5.41, 5.74) is 3.06. The number of nitrogens with zero attached hydrogens (tertiary/aromatic N) is 2. The van der Waals surface area contributed by atoms with E-state index in [2.05, 4.69) is 11.0 Å². The summed E-state index contributed by atoms with van der Waals surface area (Å²) in [6.45, 7) is 0. The second kappa shape index (κ2) is 8.21. The third-order valence-electron chi connectivity index (χ3n) is 5.85. The first-order chi connectivity index (χ1) is 16.7. The fraction of sp³-hybridized carbons (Fsp3) is 0. The van der Waals surface area contributed by atoms with Crippen molar-refractivity contribution >= 4 is 56.4 Å². The number of Topliss-reactive ketones (excluding diaryl/α,β-unsaturated/α-hetero) is 2.